The molecule has 0 aliphatic carbocycles. The van der Waals surface area contributed by atoms with Crippen LogP contribution in [-0.2, 0) is 0 Å². The summed E-state index contributed by atoms with van der Waals surface area (Å²) in [5.41, 5.74) is 3.89. The van der Waals surface area contributed by atoms with E-state index in [4.69, 9.17) is 0 Å². The molecule has 1 heterocycles. The van der Waals surface area contributed by atoms with Gasteiger partial charge in [0.05, 0.1) is 0 Å². The number of hydrogen-bond donors (Lipinski definition) is 0. The van der Waals surface area contributed by atoms with Crippen LogP contribution in [0.4, 0.5) is 0 Å². The SMILES string of the molecule is C=C(C)/C=C\C(=C(C)C)N1CCC[C@@H](C)C1. The van der Waals surface area contributed by atoms with Gasteiger partial charge in [0.25, 0.3) is 0 Å². The van der Waals surface area contributed by atoms with Crippen LogP contribution >= 0.6 is 0 Å². The molecule has 0 radical (unpaired) electrons. The Hall–Kier alpha value is -0.980. The van der Waals surface area contributed by atoms with Gasteiger partial charge < -0.3 is 4.90 Å². The second-order valence-corrected chi connectivity index (χ2v) is 5.26. The Morgan fingerprint density at radius 3 is 2.44 bits per heavy atom. The highest BCUT2D eigenvalue weighted by Crippen LogP contribution is 2.22. The number of allylic oxidation sites excluding steroid dienone is 4. The molecule has 0 saturated carbocycles. The first kappa shape index (κ1) is 13.1. The molecule has 1 aliphatic heterocycles. The van der Waals surface area contributed by atoms with Gasteiger partial charge in [0.15, 0.2) is 0 Å². The van der Waals surface area contributed by atoms with Gasteiger partial charge in [-0.1, -0.05) is 30.7 Å². The van der Waals surface area contributed by atoms with Crippen LogP contribution in [0.25, 0.3) is 0 Å². The first-order valence-electron chi connectivity index (χ1n) is 6.26. The lowest BCUT2D eigenvalue weighted by Crippen LogP contribution is -2.33. The van der Waals surface area contributed by atoms with Crippen LogP contribution in [0.3, 0.4) is 0 Å². The Labute approximate surface area is 101 Å². The molecule has 0 aromatic heterocycles. The van der Waals surface area contributed by atoms with E-state index in [-0.39, 0.29) is 0 Å². The molecule has 0 spiro atoms. The first-order valence-corrected chi connectivity index (χ1v) is 6.26. The molecule has 16 heavy (non-hydrogen) atoms. The van der Waals surface area contributed by atoms with Gasteiger partial charge in [0.2, 0.25) is 0 Å². The van der Waals surface area contributed by atoms with Crippen LogP contribution in [-0.4, -0.2) is 18.0 Å². The monoisotopic (exact) mass is 219 g/mol. The van der Waals surface area contributed by atoms with E-state index >= 15 is 0 Å². The summed E-state index contributed by atoms with van der Waals surface area (Å²) in [4.78, 5) is 2.52. The van der Waals surface area contributed by atoms with Crippen molar-refractivity contribution in [3.05, 3.63) is 35.6 Å². The predicted molar refractivity (Wildman–Crippen MR) is 72.3 cm³/mol. The molecule has 1 fully saturated rings. The smallest absolute Gasteiger partial charge is 0.0352 e. The maximum Gasteiger partial charge on any atom is 0.0352 e. The molecular formula is C15H25N. The van der Waals surface area contributed by atoms with Crippen LogP contribution in [0.2, 0.25) is 0 Å². The Kier molecular flexibility index (Phi) is 4.85. The van der Waals surface area contributed by atoms with Gasteiger partial charge in [-0.25, -0.2) is 0 Å². The zero-order valence-corrected chi connectivity index (χ0v) is 11.2. The molecule has 1 saturated heterocycles. The summed E-state index contributed by atoms with van der Waals surface area (Å²) < 4.78 is 0. The highest BCUT2D eigenvalue weighted by molar-refractivity contribution is 5.27. The molecule has 0 N–H and O–H groups in total. The number of likely N-dealkylation sites (tertiary alicyclic amines) is 1. The van der Waals surface area contributed by atoms with E-state index in [1.54, 1.807) is 0 Å². The summed E-state index contributed by atoms with van der Waals surface area (Å²) in [6.07, 6.45) is 7.02. The van der Waals surface area contributed by atoms with E-state index in [1.807, 2.05) is 6.92 Å². The van der Waals surface area contributed by atoms with Crippen molar-refractivity contribution in [2.45, 2.75) is 40.5 Å². The van der Waals surface area contributed by atoms with E-state index in [2.05, 4.69) is 44.4 Å². The summed E-state index contributed by atoms with van der Waals surface area (Å²) in [5, 5.41) is 0. The van der Waals surface area contributed by atoms with Crippen molar-refractivity contribution in [2.24, 2.45) is 5.92 Å². The minimum absolute atomic E-state index is 0.821. The van der Waals surface area contributed by atoms with Gasteiger partial charge >= 0.3 is 0 Å². The molecule has 90 valence electrons. The summed E-state index contributed by atoms with van der Waals surface area (Å²) in [7, 11) is 0. The fourth-order valence-corrected chi connectivity index (χ4v) is 2.22. The molecule has 1 rings (SSSR count). The molecule has 1 heteroatoms. The maximum absolute atomic E-state index is 3.92. The predicted octanol–water partition coefficient (Wildman–Crippen LogP) is 4.14. The summed E-state index contributed by atoms with van der Waals surface area (Å²) in [6, 6.07) is 0. The summed E-state index contributed by atoms with van der Waals surface area (Å²) in [5.74, 6) is 0.821. The summed E-state index contributed by atoms with van der Waals surface area (Å²) >= 11 is 0. The van der Waals surface area contributed by atoms with E-state index in [0.717, 1.165) is 11.5 Å². The Morgan fingerprint density at radius 1 is 1.25 bits per heavy atom. The van der Waals surface area contributed by atoms with E-state index in [1.165, 1.54) is 37.2 Å². The van der Waals surface area contributed by atoms with Crippen molar-refractivity contribution in [2.75, 3.05) is 13.1 Å². The number of piperidine rings is 1. The second kappa shape index (κ2) is 5.93. The van der Waals surface area contributed by atoms with Gasteiger partial charge in [0, 0.05) is 18.8 Å². The Morgan fingerprint density at radius 2 is 1.94 bits per heavy atom. The first-order chi connectivity index (χ1) is 7.50. The lowest BCUT2D eigenvalue weighted by molar-refractivity contribution is 0.233. The molecular weight excluding hydrogens is 194 g/mol. The van der Waals surface area contributed by atoms with Crippen LogP contribution in [0.15, 0.2) is 35.6 Å². The molecule has 1 atom stereocenters. The normalized spacial score (nSPS) is 21.2. The minimum Gasteiger partial charge on any atom is -0.371 e. The zero-order chi connectivity index (χ0) is 12.1. The van der Waals surface area contributed by atoms with Gasteiger partial charge in [-0.05, 0) is 45.6 Å². The van der Waals surface area contributed by atoms with Crippen molar-refractivity contribution < 1.29 is 0 Å². The van der Waals surface area contributed by atoms with Gasteiger partial charge in [-0.2, -0.15) is 0 Å². The molecule has 0 bridgehead atoms. The Balaban J connectivity index is 2.78. The highest BCUT2D eigenvalue weighted by atomic mass is 15.1. The average Bonchev–Trinajstić information content (AvgIpc) is 2.17. The Bertz CT molecular complexity index is 305. The lowest BCUT2D eigenvalue weighted by atomic mass is 9.99. The number of rotatable bonds is 3. The van der Waals surface area contributed by atoms with Gasteiger partial charge in [-0.15, -0.1) is 0 Å². The van der Waals surface area contributed by atoms with Crippen molar-refractivity contribution in [3.63, 3.8) is 0 Å². The van der Waals surface area contributed by atoms with Crippen LogP contribution in [0, 0.1) is 5.92 Å². The number of nitrogens with zero attached hydrogens (tertiary/aromatic N) is 1. The van der Waals surface area contributed by atoms with Crippen LogP contribution in [0.1, 0.15) is 40.5 Å². The molecule has 1 aliphatic rings. The lowest BCUT2D eigenvalue weighted by Gasteiger charge is -2.34. The van der Waals surface area contributed by atoms with Crippen LogP contribution < -0.4 is 0 Å². The second-order valence-electron chi connectivity index (χ2n) is 5.26. The molecule has 0 aromatic rings. The third kappa shape index (κ3) is 3.88. The van der Waals surface area contributed by atoms with Gasteiger partial charge in [-0.3, -0.25) is 0 Å². The van der Waals surface area contributed by atoms with E-state index in [9.17, 15) is 0 Å². The minimum atomic E-state index is 0.821. The third-order valence-corrected chi connectivity index (χ3v) is 3.04. The number of hydrogen-bond acceptors (Lipinski definition) is 1. The fraction of sp³-hybridized carbons (Fsp3) is 0.600. The summed E-state index contributed by atoms with van der Waals surface area (Å²) in [6.45, 7) is 15.1. The van der Waals surface area contributed by atoms with Crippen molar-refractivity contribution in [1.29, 1.82) is 0 Å². The van der Waals surface area contributed by atoms with Crippen molar-refractivity contribution in [1.82, 2.24) is 4.90 Å². The topological polar surface area (TPSA) is 3.24 Å². The third-order valence-electron chi connectivity index (χ3n) is 3.04. The van der Waals surface area contributed by atoms with Crippen LogP contribution in [0.5, 0.6) is 0 Å². The molecule has 0 aromatic carbocycles. The average molecular weight is 219 g/mol. The molecule has 0 amide bonds. The van der Waals surface area contributed by atoms with Crippen molar-refractivity contribution >= 4 is 0 Å². The zero-order valence-electron chi connectivity index (χ0n) is 11.2. The van der Waals surface area contributed by atoms with Gasteiger partial charge in [0.1, 0.15) is 0 Å². The maximum atomic E-state index is 3.92. The van der Waals surface area contributed by atoms with E-state index in [0.29, 0.717) is 0 Å². The van der Waals surface area contributed by atoms with E-state index < -0.39 is 0 Å². The molecule has 1 nitrogen and oxygen atoms in total. The van der Waals surface area contributed by atoms with Crippen molar-refractivity contribution in [3.8, 4) is 0 Å². The quantitative estimate of drug-likeness (QED) is 0.645. The standard InChI is InChI=1S/C15H25N/c1-12(2)8-9-15(13(3)4)16-10-6-7-14(5)11-16/h8-9,14H,1,6-7,10-11H2,2-5H3/b9-8-/t14-/m1/s1. The largest absolute Gasteiger partial charge is 0.371 e. The highest BCUT2D eigenvalue weighted by Gasteiger charge is 2.17. The molecule has 0 unspecified atom stereocenters. The fourth-order valence-electron chi connectivity index (χ4n) is 2.22.